The molecule has 2 aliphatic heterocycles. The molecule has 0 aromatic carbocycles. The molecule has 1 aromatic heterocycles. The molecule has 1 aromatic rings. The second-order valence-electron chi connectivity index (χ2n) is 7.73. The number of rotatable bonds is 5. The summed E-state index contributed by atoms with van der Waals surface area (Å²) < 4.78 is 5.93. The van der Waals surface area contributed by atoms with Crippen molar-refractivity contribution in [1.82, 2.24) is 14.8 Å². The van der Waals surface area contributed by atoms with Crippen LogP contribution in [0.5, 0.6) is 0 Å². The lowest BCUT2D eigenvalue weighted by atomic mass is 9.75. The zero-order valence-corrected chi connectivity index (χ0v) is 16.1. The van der Waals surface area contributed by atoms with Crippen LogP contribution in [0.4, 0.5) is 0 Å². The number of nitrogens with zero attached hydrogens (tertiary/aromatic N) is 3. The maximum Gasteiger partial charge on any atom is 0.225 e. The van der Waals surface area contributed by atoms with Crippen molar-refractivity contribution in [3.63, 3.8) is 0 Å². The SMILES string of the molecule is Cc1nc(COCC2CCN(C)C3(C2)CN(C(=O)C(C)C)C3)cs1. The van der Waals surface area contributed by atoms with Gasteiger partial charge in [0.05, 0.1) is 29.5 Å². The van der Waals surface area contributed by atoms with E-state index in [-0.39, 0.29) is 17.4 Å². The number of aromatic nitrogens is 1. The summed E-state index contributed by atoms with van der Waals surface area (Å²) in [5, 5.41) is 3.17. The Bertz CT molecular complexity index is 581. The molecule has 24 heavy (non-hydrogen) atoms. The van der Waals surface area contributed by atoms with Crippen LogP contribution >= 0.6 is 11.3 Å². The van der Waals surface area contributed by atoms with Gasteiger partial charge < -0.3 is 9.64 Å². The van der Waals surface area contributed by atoms with Gasteiger partial charge in [0, 0.05) is 24.4 Å². The molecule has 0 saturated carbocycles. The number of thiazole rings is 1. The molecule has 1 unspecified atom stereocenters. The van der Waals surface area contributed by atoms with Crippen molar-refractivity contribution in [1.29, 1.82) is 0 Å². The summed E-state index contributed by atoms with van der Waals surface area (Å²) in [6, 6.07) is 0. The molecule has 0 N–H and O–H groups in total. The summed E-state index contributed by atoms with van der Waals surface area (Å²) in [5.74, 6) is 0.959. The minimum atomic E-state index is 0.0944. The quantitative estimate of drug-likeness (QED) is 0.818. The number of hydrogen-bond acceptors (Lipinski definition) is 5. The average molecular weight is 352 g/mol. The van der Waals surface area contributed by atoms with Gasteiger partial charge in [-0.3, -0.25) is 9.69 Å². The Labute approximate surface area is 149 Å². The molecule has 2 fully saturated rings. The average Bonchev–Trinajstić information content (AvgIpc) is 2.91. The van der Waals surface area contributed by atoms with Gasteiger partial charge in [-0.05, 0) is 39.3 Å². The summed E-state index contributed by atoms with van der Waals surface area (Å²) >= 11 is 1.67. The first-order chi connectivity index (χ1) is 11.4. The molecule has 3 heterocycles. The molecule has 1 atom stereocenters. The van der Waals surface area contributed by atoms with E-state index in [1.54, 1.807) is 11.3 Å². The number of hydrogen-bond donors (Lipinski definition) is 0. The van der Waals surface area contributed by atoms with Gasteiger partial charge in [0.25, 0.3) is 0 Å². The van der Waals surface area contributed by atoms with E-state index in [4.69, 9.17) is 4.74 Å². The van der Waals surface area contributed by atoms with E-state index in [1.807, 2.05) is 25.7 Å². The molecule has 0 bridgehead atoms. The van der Waals surface area contributed by atoms with Crippen LogP contribution in [0.25, 0.3) is 0 Å². The second-order valence-corrected chi connectivity index (χ2v) is 8.79. The van der Waals surface area contributed by atoms with Crippen LogP contribution in [0.15, 0.2) is 5.38 Å². The van der Waals surface area contributed by atoms with E-state index in [1.165, 1.54) is 6.42 Å². The topological polar surface area (TPSA) is 45.7 Å². The Morgan fingerprint density at radius 1 is 1.50 bits per heavy atom. The summed E-state index contributed by atoms with van der Waals surface area (Å²) in [7, 11) is 2.20. The number of carbonyl (C=O) groups is 1. The predicted molar refractivity (Wildman–Crippen MR) is 96.0 cm³/mol. The first kappa shape index (κ1) is 17.8. The molecule has 5 nitrogen and oxygen atoms in total. The first-order valence-electron chi connectivity index (χ1n) is 8.88. The summed E-state index contributed by atoms with van der Waals surface area (Å²) in [5.41, 5.74) is 1.21. The van der Waals surface area contributed by atoms with E-state index in [0.717, 1.165) is 43.4 Å². The van der Waals surface area contributed by atoms with Crippen LogP contribution in [-0.4, -0.2) is 59.5 Å². The third-order valence-corrected chi connectivity index (χ3v) is 6.22. The summed E-state index contributed by atoms with van der Waals surface area (Å²) in [4.78, 5) is 21.1. The van der Waals surface area contributed by atoms with E-state index >= 15 is 0 Å². The third kappa shape index (κ3) is 3.65. The zero-order chi connectivity index (χ0) is 17.3. The van der Waals surface area contributed by atoms with Crippen molar-refractivity contribution >= 4 is 17.2 Å². The number of likely N-dealkylation sites (N-methyl/N-ethyl adjacent to an activating group) is 1. The van der Waals surface area contributed by atoms with Crippen LogP contribution in [-0.2, 0) is 16.1 Å². The molecule has 0 radical (unpaired) electrons. The van der Waals surface area contributed by atoms with Crippen molar-refractivity contribution < 1.29 is 9.53 Å². The van der Waals surface area contributed by atoms with E-state index < -0.39 is 0 Å². The molecular weight excluding hydrogens is 322 g/mol. The molecule has 1 spiro atoms. The van der Waals surface area contributed by atoms with Gasteiger partial charge in [-0.1, -0.05) is 13.8 Å². The lowest BCUT2D eigenvalue weighted by Gasteiger charge is -2.58. The molecule has 134 valence electrons. The van der Waals surface area contributed by atoms with Gasteiger partial charge >= 0.3 is 0 Å². The van der Waals surface area contributed by atoms with Gasteiger partial charge in [-0.2, -0.15) is 0 Å². The maximum absolute atomic E-state index is 12.1. The van der Waals surface area contributed by atoms with Crippen LogP contribution in [0.1, 0.15) is 37.4 Å². The molecular formula is C18H29N3O2S. The van der Waals surface area contributed by atoms with Crippen LogP contribution < -0.4 is 0 Å². The third-order valence-electron chi connectivity index (χ3n) is 5.40. The summed E-state index contributed by atoms with van der Waals surface area (Å²) in [6.07, 6.45) is 2.30. The smallest absolute Gasteiger partial charge is 0.225 e. The second kappa shape index (κ2) is 7.10. The normalized spacial score (nSPS) is 23.7. The van der Waals surface area contributed by atoms with E-state index in [2.05, 4.69) is 22.3 Å². The fraction of sp³-hybridized carbons (Fsp3) is 0.778. The number of aryl methyl sites for hydroxylation is 1. The van der Waals surface area contributed by atoms with Crippen LogP contribution in [0.2, 0.25) is 0 Å². The number of amides is 1. The minimum absolute atomic E-state index is 0.0944. The largest absolute Gasteiger partial charge is 0.375 e. The van der Waals surface area contributed by atoms with E-state index in [0.29, 0.717) is 12.5 Å². The van der Waals surface area contributed by atoms with Gasteiger partial charge in [0.15, 0.2) is 0 Å². The number of carbonyl (C=O) groups excluding carboxylic acids is 1. The Morgan fingerprint density at radius 3 is 2.88 bits per heavy atom. The van der Waals surface area contributed by atoms with Gasteiger partial charge in [0.2, 0.25) is 5.91 Å². The van der Waals surface area contributed by atoms with Crippen molar-refractivity contribution in [2.75, 3.05) is 33.3 Å². The Hall–Kier alpha value is -0.980. The predicted octanol–water partition coefficient (Wildman–Crippen LogP) is 2.55. The molecule has 1 amide bonds. The van der Waals surface area contributed by atoms with E-state index in [9.17, 15) is 4.79 Å². The molecule has 6 heteroatoms. The fourth-order valence-corrected chi connectivity index (χ4v) is 4.51. The number of piperidine rings is 1. The fourth-order valence-electron chi connectivity index (χ4n) is 3.91. The zero-order valence-electron chi connectivity index (χ0n) is 15.2. The van der Waals surface area contributed by atoms with Crippen LogP contribution in [0.3, 0.4) is 0 Å². The Morgan fingerprint density at radius 2 is 2.25 bits per heavy atom. The highest BCUT2D eigenvalue weighted by atomic mass is 32.1. The lowest BCUT2D eigenvalue weighted by Crippen LogP contribution is -2.73. The monoisotopic (exact) mass is 351 g/mol. The van der Waals surface area contributed by atoms with Crippen molar-refractivity contribution in [3.05, 3.63) is 16.1 Å². The number of likely N-dealkylation sites (tertiary alicyclic amines) is 2. The maximum atomic E-state index is 12.1. The lowest BCUT2D eigenvalue weighted by molar-refractivity contribution is -0.154. The molecule has 3 rings (SSSR count). The summed E-state index contributed by atoms with van der Waals surface area (Å²) in [6.45, 7) is 10.2. The van der Waals surface area contributed by atoms with Gasteiger partial charge in [-0.15, -0.1) is 11.3 Å². The molecule has 2 aliphatic rings. The highest BCUT2D eigenvalue weighted by Crippen LogP contribution is 2.38. The minimum Gasteiger partial charge on any atom is -0.375 e. The van der Waals surface area contributed by atoms with Crippen molar-refractivity contribution in [2.24, 2.45) is 11.8 Å². The molecule has 0 aliphatic carbocycles. The Kier molecular flexibility index (Phi) is 5.27. The van der Waals surface area contributed by atoms with Gasteiger partial charge in [0.1, 0.15) is 0 Å². The molecule has 2 saturated heterocycles. The van der Waals surface area contributed by atoms with Crippen LogP contribution in [0, 0.1) is 18.8 Å². The highest BCUT2D eigenvalue weighted by Gasteiger charge is 2.51. The number of ether oxygens (including phenoxy) is 1. The van der Waals surface area contributed by atoms with Crippen molar-refractivity contribution in [2.45, 2.75) is 45.8 Å². The highest BCUT2D eigenvalue weighted by molar-refractivity contribution is 7.09. The Balaban J connectivity index is 1.48. The standard InChI is InChI=1S/C18H29N3O2S/c1-13(2)17(22)21-11-18(12-21)7-15(5-6-20(18)4)8-23-9-16-10-24-14(3)19-16/h10,13,15H,5-9,11-12H2,1-4H3. The van der Waals surface area contributed by atoms with Crippen molar-refractivity contribution in [3.8, 4) is 0 Å². The van der Waals surface area contributed by atoms with Gasteiger partial charge in [-0.25, -0.2) is 4.98 Å². The first-order valence-corrected chi connectivity index (χ1v) is 9.76.